The lowest BCUT2D eigenvalue weighted by molar-refractivity contribution is -0.0201. The Hall–Kier alpha value is -0.480. The first-order valence-corrected chi connectivity index (χ1v) is 7.96. The molecule has 0 spiro atoms. The van der Waals surface area contributed by atoms with Crippen LogP contribution in [-0.2, 0) is 18.2 Å². The van der Waals surface area contributed by atoms with Crippen molar-refractivity contribution in [2.75, 3.05) is 5.90 Å². The van der Waals surface area contributed by atoms with Crippen LogP contribution in [0, 0.1) is 0 Å². The standard InChI is InChI=1S/C8H10O6P2/c9-15(10)6-16(11,12)14-8(13-15)7-4-2-1-3-5-7/h1-5,8H,6H2,(H,9,10)(H,11,12). The van der Waals surface area contributed by atoms with Crippen LogP contribution in [-0.4, -0.2) is 15.7 Å². The fourth-order valence-electron chi connectivity index (χ4n) is 1.34. The van der Waals surface area contributed by atoms with Gasteiger partial charge in [-0.2, -0.15) is 0 Å². The van der Waals surface area contributed by atoms with Gasteiger partial charge in [-0.25, -0.2) is 0 Å². The van der Waals surface area contributed by atoms with Crippen molar-refractivity contribution in [1.82, 2.24) is 0 Å². The summed E-state index contributed by atoms with van der Waals surface area (Å²) in [5, 5.41) is 0. The van der Waals surface area contributed by atoms with E-state index in [9.17, 15) is 18.9 Å². The molecule has 0 aromatic heterocycles. The van der Waals surface area contributed by atoms with Crippen molar-refractivity contribution in [3.8, 4) is 0 Å². The summed E-state index contributed by atoms with van der Waals surface area (Å²) < 4.78 is 32.2. The zero-order valence-electron chi connectivity index (χ0n) is 8.09. The lowest BCUT2D eigenvalue weighted by Crippen LogP contribution is -2.14. The molecule has 2 unspecified atom stereocenters. The number of benzene rings is 1. The molecule has 1 heterocycles. The van der Waals surface area contributed by atoms with Crippen molar-refractivity contribution in [3.63, 3.8) is 0 Å². The fraction of sp³-hybridized carbons (Fsp3) is 0.250. The second-order valence-corrected chi connectivity index (χ2v) is 7.47. The molecule has 2 N–H and O–H groups in total. The van der Waals surface area contributed by atoms with Crippen LogP contribution in [0.4, 0.5) is 0 Å². The Balaban J connectivity index is 2.30. The monoisotopic (exact) mass is 264 g/mol. The number of hydrogen-bond acceptors (Lipinski definition) is 4. The van der Waals surface area contributed by atoms with Crippen LogP contribution in [0.15, 0.2) is 30.3 Å². The van der Waals surface area contributed by atoms with E-state index in [0.29, 0.717) is 5.56 Å². The largest absolute Gasteiger partial charge is 0.342 e. The van der Waals surface area contributed by atoms with E-state index in [4.69, 9.17) is 9.05 Å². The molecule has 1 aliphatic rings. The Bertz CT molecular complexity index is 449. The van der Waals surface area contributed by atoms with Crippen LogP contribution in [0.3, 0.4) is 0 Å². The first-order valence-electron chi connectivity index (χ1n) is 4.43. The van der Waals surface area contributed by atoms with Crippen molar-refractivity contribution in [1.29, 1.82) is 0 Å². The smallest absolute Gasteiger partial charge is 0.324 e. The molecule has 0 amide bonds. The van der Waals surface area contributed by atoms with E-state index >= 15 is 0 Å². The average molecular weight is 264 g/mol. The van der Waals surface area contributed by atoms with Gasteiger partial charge >= 0.3 is 15.2 Å². The van der Waals surface area contributed by atoms with Crippen LogP contribution in [0.25, 0.3) is 0 Å². The van der Waals surface area contributed by atoms with E-state index < -0.39 is 27.4 Å². The summed E-state index contributed by atoms with van der Waals surface area (Å²) >= 11 is 0. The van der Waals surface area contributed by atoms with Crippen molar-refractivity contribution in [2.24, 2.45) is 0 Å². The van der Waals surface area contributed by atoms with Gasteiger partial charge in [0.25, 0.3) is 0 Å². The fourth-order valence-corrected chi connectivity index (χ4v) is 4.68. The molecule has 0 bridgehead atoms. The van der Waals surface area contributed by atoms with Gasteiger partial charge in [0.1, 0.15) is 0 Å². The maximum absolute atomic E-state index is 11.4. The van der Waals surface area contributed by atoms with Gasteiger partial charge in [0.15, 0.2) is 5.90 Å². The highest BCUT2D eigenvalue weighted by Gasteiger charge is 2.44. The minimum Gasteiger partial charge on any atom is -0.324 e. The van der Waals surface area contributed by atoms with Gasteiger partial charge in [-0.3, -0.25) is 18.2 Å². The zero-order valence-corrected chi connectivity index (χ0v) is 9.88. The molecule has 0 radical (unpaired) electrons. The average Bonchev–Trinajstić information content (AvgIpc) is 2.14. The van der Waals surface area contributed by atoms with Gasteiger partial charge in [-0.15, -0.1) is 0 Å². The third kappa shape index (κ3) is 2.80. The van der Waals surface area contributed by atoms with E-state index in [1.54, 1.807) is 30.3 Å². The Morgan fingerprint density at radius 1 is 1.06 bits per heavy atom. The molecule has 1 saturated heterocycles. The van der Waals surface area contributed by atoms with Crippen molar-refractivity contribution < 1.29 is 28.0 Å². The van der Waals surface area contributed by atoms with Gasteiger partial charge in [0.05, 0.1) is 0 Å². The molecule has 88 valence electrons. The first-order chi connectivity index (χ1) is 7.38. The van der Waals surface area contributed by atoms with Crippen LogP contribution in [0.2, 0.25) is 0 Å². The first kappa shape index (κ1) is 12.0. The highest BCUT2D eigenvalue weighted by Crippen LogP contribution is 2.66. The van der Waals surface area contributed by atoms with Crippen LogP contribution in [0.5, 0.6) is 0 Å². The third-order valence-corrected chi connectivity index (χ3v) is 5.85. The molecule has 1 aliphatic heterocycles. The van der Waals surface area contributed by atoms with Crippen LogP contribution < -0.4 is 0 Å². The Kier molecular flexibility index (Phi) is 3.05. The molecular weight excluding hydrogens is 254 g/mol. The summed E-state index contributed by atoms with van der Waals surface area (Å²) in [7, 11) is -8.14. The molecule has 2 atom stereocenters. The minimum atomic E-state index is -4.07. The van der Waals surface area contributed by atoms with Crippen LogP contribution >= 0.6 is 15.2 Å². The van der Waals surface area contributed by atoms with Gasteiger partial charge in [-0.1, -0.05) is 30.3 Å². The normalized spacial score (nSPS) is 39.5. The van der Waals surface area contributed by atoms with E-state index in [2.05, 4.69) is 0 Å². The molecule has 0 aliphatic carbocycles. The summed E-state index contributed by atoms with van der Waals surface area (Å²) in [6.45, 7) is 0. The second kappa shape index (κ2) is 4.08. The molecule has 1 aromatic carbocycles. The van der Waals surface area contributed by atoms with E-state index in [0.717, 1.165) is 0 Å². The lowest BCUT2D eigenvalue weighted by atomic mass is 10.2. The molecule has 16 heavy (non-hydrogen) atoms. The molecule has 1 aromatic rings. The number of rotatable bonds is 1. The minimum absolute atomic E-state index is 0.422. The molecule has 1 fully saturated rings. The highest BCUT2D eigenvalue weighted by molar-refractivity contribution is 7.70. The Morgan fingerprint density at radius 2 is 1.56 bits per heavy atom. The predicted octanol–water partition coefficient (Wildman–Crippen LogP) is 2.06. The maximum Gasteiger partial charge on any atom is 0.342 e. The van der Waals surface area contributed by atoms with E-state index in [-0.39, 0.29) is 0 Å². The summed E-state index contributed by atoms with van der Waals surface area (Å²) in [6, 6.07) is 8.23. The summed E-state index contributed by atoms with van der Waals surface area (Å²) in [6.07, 6.45) is -1.28. The predicted molar refractivity (Wildman–Crippen MR) is 55.9 cm³/mol. The topological polar surface area (TPSA) is 93.1 Å². The Morgan fingerprint density at radius 3 is 2.06 bits per heavy atom. The van der Waals surface area contributed by atoms with E-state index in [1.807, 2.05) is 0 Å². The molecular formula is C8H10O6P2. The molecule has 2 rings (SSSR count). The number of hydrogen-bond donors (Lipinski definition) is 2. The summed E-state index contributed by atoms with van der Waals surface area (Å²) in [5.41, 5.74) is 0.422. The van der Waals surface area contributed by atoms with Gasteiger partial charge in [0, 0.05) is 5.56 Å². The van der Waals surface area contributed by atoms with Crippen LogP contribution in [0.1, 0.15) is 11.9 Å². The zero-order chi connectivity index (χ0) is 11.8. The molecule has 0 saturated carbocycles. The van der Waals surface area contributed by atoms with E-state index in [1.165, 1.54) is 0 Å². The second-order valence-electron chi connectivity index (χ2n) is 3.37. The Labute approximate surface area is 91.9 Å². The van der Waals surface area contributed by atoms with Gasteiger partial charge < -0.3 is 9.79 Å². The summed E-state index contributed by atoms with van der Waals surface area (Å²) in [5.74, 6) is -0.872. The van der Waals surface area contributed by atoms with Gasteiger partial charge in [0.2, 0.25) is 6.29 Å². The molecule has 8 heteroatoms. The highest BCUT2D eigenvalue weighted by atomic mass is 31.2. The van der Waals surface area contributed by atoms with Crippen molar-refractivity contribution >= 4 is 15.2 Å². The maximum atomic E-state index is 11.4. The summed E-state index contributed by atoms with van der Waals surface area (Å²) in [4.78, 5) is 18.5. The third-order valence-electron chi connectivity index (χ3n) is 1.95. The SMILES string of the molecule is O=P1(O)CP(=O)(O)OC(c2ccccc2)O1. The van der Waals surface area contributed by atoms with Gasteiger partial charge in [-0.05, 0) is 0 Å². The quantitative estimate of drug-likeness (QED) is 0.754. The van der Waals surface area contributed by atoms with Crippen molar-refractivity contribution in [3.05, 3.63) is 35.9 Å². The lowest BCUT2D eigenvalue weighted by Gasteiger charge is -2.29. The van der Waals surface area contributed by atoms with Crippen molar-refractivity contribution in [2.45, 2.75) is 6.29 Å². The molecule has 6 nitrogen and oxygen atoms in total.